The smallest absolute Gasteiger partial charge is 0.311 e. The molecule has 0 bridgehead atoms. The molecule has 1 atom stereocenters. The van der Waals surface area contributed by atoms with Gasteiger partial charge in [-0.2, -0.15) is 0 Å². The van der Waals surface area contributed by atoms with Crippen LogP contribution in [0, 0.1) is 24.5 Å². The van der Waals surface area contributed by atoms with Crippen LogP contribution in [-0.2, 0) is 4.79 Å². The molecule has 0 fully saturated rings. The largest absolute Gasteiger partial charge is 0.503 e. The molecule has 0 aliphatic carbocycles. The summed E-state index contributed by atoms with van der Waals surface area (Å²) in [5.74, 6) is -6.75. The molecule has 0 aliphatic rings. The van der Waals surface area contributed by atoms with Gasteiger partial charge in [0.1, 0.15) is 0 Å². The maximum atomic E-state index is 15.0. The van der Waals surface area contributed by atoms with Crippen molar-refractivity contribution in [2.75, 3.05) is 0 Å². The lowest BCUT2D eigenvalue weighted by atomic mass is 9.88. The normalized spacial score (nSPS) is 12.5. The van der Waals surface area contributed by atoms with Crippen LogP contribution in [0.4, 0.5) is 8.78 Å². The van der Waals surface area contributed by atoms with Gasteiger partial charge in [0, 0.05) is 27.7 Å². The number of phenolic OH excluding ortho intramolecular Hbond substituents is 1. The van der Waals surface area contributed by atoms with Crippen LogP contribution in [0.2, 0.25) is 5.02 Å². The predicted molar refractivity (Wildman–Crippen MR) is 109 cm³/mol. The number of benzene rings is 2. The van der Waals surface area contributed by atoms with E-state index >= 15 is 0 Å². The van der Waals surface area contributed by atoms with Gasteiger partial charge >= 0.3 is 5.97 Å². The van der Waals surface area contributed by atoms with Crippen molar-refractivity contribution in [2.24, 2.45) is 5.92 Å². The Balaban J connectivity index is 2.38. The topological polar surface area (TPSA) is 79.5 Å². The first-order valence-electron chi connectivity index (χ1n) is 9.29. The second kappa shape index (κ2) is 8.07. The van der Waals surface area contributed by atoms with Crippen LogP contribution in [0.5, 0.6) is 5.75 Å². The van der Waals surface area contributed by atoms with Crippen LogP contribution in [0.25, 0.3) is 10.9 Å². The highest BCUT2D eigenvalue weighted by atomic mass is 35.5. The third-order valence-corrected chi connectivity index (χ3v) is 5.31. The van der Waals surface area contributed by atoms with Crippen molar-refractivity contribution < 1.29 is 28.6 Å². The van der Waals surface area contributed by atoms with Crippen LogP contribution < -0.4 is 0 Å². The lowest BCUT2D eigenvalue weighted by molar-refractivity contribution is -0.139. The fourth-order valence-electron chi connectivity index (χ4n) is 3.73. The van der Waals surface area contributed by atoms with E-state index in [0.717, 1.165) is 10.6 Å². The highest BCUT2D eigenvalue weighted by Crippen LogP contribution is 2.40. The zero-order chi connectivity index (χ0) is 22.3. The van der Waals surface area contributed by atoms with E-state index in [1.807, 2.05) is 13.8 Å². The van der Waals surface area contributed by atoms with Crippen molar-refractivity contribution in [3.8, 4) is 5.75 Å². The second-order valence-electron chi connectivity index (χ2n) is 7.58. The van der Waals surface area contributed by atoms with E-state index < -0.39 is 35.2 Å². The van der Waals surface area contributed by atoms with E-state index in [1.165, 1.54) is 31.2 Å². The van der Waals surface area contributed by atoms with Gasteiger partial charge in [-0.3, -0.25) is 14.2 Å². The first-order chi connectivity index (χ1) is 14.0. The molecule has 0 spiro atoms. The first kappa shape index (κ1) is 21.8. The molecule has 2 aromatic carbocycles. The number of carbonyl (C=O) groups is 2. The summed E-state index contributed by atoms with van der Waals surface area (Å²) in [6, 6.07) is 6.77. The SMILES string of the molecule is Cc1c(C(CC(C)C)C(=O)O)c2c(F)c(O)c(F)cc2n1C(=O)c1ccc(Cl)cc1. The predicted octanol–water partition coefficient (Wildman–Crippen LogP) is 5.49. The molecule has 5 nitrogen and oxygen atoms in total. The third kappa shape index (κ3) is 3.65. The Morgan fingerprint density at radius 2 is 1.77 bits per heavy atom. The molecule has 1 aromatic heterocycles. The number of hydrogen-bond donors (Lipinski definition) is 2. The van der Waals surface area contributed by atoms with Gasteiger partial charge in [-0.15, -0.1) is 0 Å². The van der Waals surface area contributed by atoms with Gasteiger partial charge < -0.3 is 10.2 Å². The Morgan fingerprint density at radius 1 is 1.17 bits per heavy atom. The van der Waals surface area contributed by atoms with Gasteiger partial charge in [0.25, 0.3) is 5.91 Å². The lowest BCUT2D eigenvalue weighted by Gasteiger charge is -2.16. The Kier molecular flexibility index (Phi) is 5.85. The summed E-state index contributed by atoms with van der Waals surface area (Å²) < 4.78 is 30.2. The summed E-state index contributed by atoms with van der Waals surface area (Å²) in [7, 11) is 0. The summed E-state index contributed by atoms with van der Waals surface area (Å²) >= 11 is 5.87. The molecule has 2 N–H and O–H groups in total. The maximum Gasteiger partial charge on any atom is 0.311 e. The second-order valence-corrected chi connectivity index (χ2v) is 8.02. The quantitative estimate of drug-likeness (QED) is 0.555. The number of nitrogens with zero attached hydrogens (tertiary/aromatic N) is 1. The van der Waals surface area contributed by atoms with Crippen molar-refractivity contribution in [1.82, 2.24) is 4.57 Å². The van der Waals surface area contributed by atoms with Crippen LogP contribution in [0.1, 0.15) is 47.8 Å². The number of phenols is 1. The monoisotopic (exact) mass is 435 g/mol. The molecule has 1 unspecified atom stereocenters. The summed E-state index contributed by atoms with van der Waals surface area (Å²) in [5, 5.41) is 19.7. The van der Waals surface area contributed by atoms with Crippen molar-refractivity contribution >= 4 is 34.4 Å². The highest BCUT2D eigenvalue weighted by Gasteiger charge is 2.33. The van der Waals surface area contributed by atoms with Gasteiger partial charge in [-0.1, -0.05) is 25.4 Å². The zero-order valence-corrected chi connectivity index (χ0v) is 17.3. The Bertz CT molecular complexity index is 1150. The van der Waals surface area contributed by atoms with Gasteiger partial charge in [0.05, 0.1) is 11.4 Å². The number of aromatic hydroxyl groups is 1. The summed E-state index contributed by atoms with van der Waals surface area (Å²) in [6.07, 6.45) is 0.169. The molecule has 0 saturated carbocycles. The fraction of sp³-hybridized carbons (Fsp3) is 0.273. The lowest BCUT2D eigenvalue weighted by Crippen LogP contribution is -2.17. The standard InChI is InChI=1S/C22H20ClF2NO4/c1-10(2)8-14(22(29)30)17-11(3)26(21(28)12-4-6-13(23)7-5-12)16-9-15(24)20(27)19(25)18(16)17/h4-7,9-10,14,27H,8H2,1-3H3,(H,29,30). The number of fused-ring (bicyclic) bond motifs is 1. The van der Waals surface area contributed by atoms with E-state index in [4.69, 9.17) is 11.6 Å². The number of carbonyl (C=O) groups excluding carboxylic acids is 1. The van der Waals surface area contributed by atoms with Crippen LogP contribution in [0.15, 0.2) is 30.3 Å². The van der Waals surface area contributed by atoms with Crippen molar-refractivity contribution in [3.63, 3.8) is 0 Å². The number of hydrogen-bond acceptors (Lipinski definition) is 3. The minimum Gasteiger partial charge on any atom is -0.503 e. The van der Waals surface area contributed by atoms with E-state index in [9.17, 15) is 28.6 Å². The van der Waals surface area contributed by atoms with E-state index in [-0.39, 0.29) is 40.1 Å². The Labute approximate surface area is 176 Å². The van der Waals surface area contributed by atoms with E-state index in [2.05, 4.69) is 0 Å². The summed E-state index contributed by atoms with van der Waals surface area (Å²) in [5.41, 5.74) is 0.268. The molecule has 0 amide bonds. The molecule has 0 saturated heterocycles. The number of halogens is 3. The minimum absolute atomic E-state index is 0.0429. The zero-order valence-electron chi connectivity index (χ0n) is 16.5. The van der Waals surface area contributed by atoms with Crippen molar-refractivity contribution in [3.05, 3.63) is 63.8 Å². The molecule has 1 heterocycles. The number of aromatic nitrogens is 1. The molecular weight excluding hydrogens is 416 g/mol. The average molecular weight is 436 g/mol. The van der Waals surface area contributed by atoms with Gasteiger partial charge in [0.15, 0.2) is 17.4 Å². The van der Waals surface area contributed by atoms with Gasteiger partial charge in [-0.05, 0) is 49.1 Å². The third-order valence-electron chi connectivity index (χ3n) is 5.06. The first-order valence-corrected chi connectivity index (χ1v) is 9.67. The molecule has 30 heavy (non-hydrogen) atoms. The average Bonchev–Trinajstić information content (AvgIpc) is 2.95. The molecule has 3 rings (SSSR count). The van der Waals surface area contributed by atoms with Gasteiger partial charge in [0.2, 0.25) is 0 Å². The summed E-state index contributed by atoms with van der Waals surface area (Å²) in [6.45, 7) is 5.11. The Hall–Kier alpha value is -2.93. The molecule has 8 heteroatoms. The molecule has 0 aliphatic heterocycles. The van der Waals surface area contributed by atoms with E-state index in [1.54, 1.807) is 0 Å². The molecule has 0 radical (unpaired) electrons. The molecule has 3 aromatic rings. The van der Waals surface area contributed by atoms with Crippen molar-refractivity contribution in [2.45, 2.75) is 33.1 Å². The van der Waals surface area contributed by atoms with Gasteiger partial charge in [-0.25, -0.2) is 8.78 Å². The molecular formula is C22H20ClF2NO4. The fourth-order valence-corrected chi connectivity index (χ4v) is 3.86. The van der Waals surface area contributed by atoms with Crippen LogP contribution in [0.3, 0.4) is 0 Å². The highest BCUT2D eigenvalue weighted by molar-refractivity contribution is 6.30. The number of aliphatic carboxylic acids is 1. The minimum atomic E-state index is -1.29. The summed E-state index contributed by atoms with van der Waals surface area (Å²) in [4.78, 5) is 25.2. The number of carboxylic acid groups (broad SMARTS) is 1. The van der Waals surface area contributed by atoms with E-state index in [0.29, 0.717) is 5.02 Å². The Morgan fingerprint density at radius 3 is 2.30 bits per heavy atom. The maximum absolute atomic E-state index is 15.0. The molecule has 158 valence electrons. The van der Waals surface area contributed by atoms with Crippen LogP contribution in [-0.4, -0.2) is 26.7 Å². The number of rotatable bonds is 5. The van der Waals surface area contributed by atoms with Crippen LogP contribution >= 0.6 is 11.6 Å². The number of carboxylic acids is 1. The van der Waals surface area contributed by atoms with Crippen molar-refractivity contribution in [1.29, 1.82) is 0 Å².